The van der Waals surface area contributed by atoms with Crippen molar-refractivity contribution in [3.63, 3.8) is 0 Å². The summed E-state index contributed by atoms with van der Waals surface area (Å²) in [6, 6.07) is -2.29. The van der Waals surface area contributed by atoms with Gasteiger partial charge in [-0.05, 0) is 12.2 Å². The summed E-state index contributed by atoms with van der Waals surface area (Å²) in [5.74, 6) is -1.42. The van der Waals surface area contributed by atoms with Crippen LogP contribution in [0.3, 0.4) is 0 Å². The molecular weight excluding hydrogens is 446 g/mol. The number of hydrogen-bond donors (Lipinski definition) is 6. The summed E-state index contributed by atoms with van der Waals surface area (Å²) < 4.78 is 6.84. The molecule has 14 nitrogen and oxygen atoms in total. The van der Waals surface area contributed by atoms with Gasteiger partial charge >= 0.3 is 6.03 Å². The van der Waals surface area contributed by atoms with Gasteiger partial charge < -0.3 is 25.8 Å². The monoisotopic (exact) mass is 471 g/mol. The Morgan fingerprint density at radius 2 is 2.03 bits per heavy atom. The molecule has 15 heteroatoms. The number of nitrogens with two attached hydrogens (primary N) is 1. The van der Waals surface area contributed by atoms with Gasteiger partial charge in [0.25, 0.3) is 5.91 Å². The molecule has 2 aromatic rings. The Bertz CT molecular complexity index is 1000. The summed E-state index contributed by atoms with van der Waals surface area (Å²) in [5.41, 5.74) is 5.91. The van der Waals surface area contributed by atoms with Crippen molar-refractivity contribution in [2.75, 3.05) is 18.2 Å². The van der Waals surface area contributed by atoms with Gasteiger partial charge in [-0.3, -0.25) is 19.9 Å². The third kappa shape index (κ3) is 4.40. The minimum Gasteiger partial charge on any atom is -0.394 e. The standard InChI is InChI=1S/C17H25N7O7S/c1-6(2)8(18)14(28)24(30)17(29)21-12-9-13(22-16(20-12)32-3)23(5-19-9)15-11(27)10(26)7(4-25)31-15/h5-8,10-11,15,25-27,30H,4,18H2,1-3H3,(H,20,21,22,29)/t7-,8+,10-,11-,15-/m1/s1. The number of nitrogens with one attached hydrogen (secondary N) is 1. The van der Waals surface area contributed by atoms with Crippen molar-refractivity contribution in [3.05, 3.63) is 6.33 Å². The lowest BCUT2D eigenvalue weighted by Gasteiger charge is -2.20. The van der Waals surface area contributed by atoms with E-state index in [4.69, 9.17) is 10.5 Å². The third-order valence-electron chi connectivity index (χ3n) is 5.00. The van der Waals surface area contributed by atoms with Crippen molar-refractivity contribution >= 4 is 40.7 Å². The number of urea groups is 1. The van der Waals surface area contributed by atoms with Crippen LogP contribution in [0.5, 0.6) is 0 Å². The molecule has 1 saturated heterocycles. The fourth-order valence-electron chi connectivity index (χ4n) is 3.05. The smallest absolute Gasteiger partial charge is 0.354 e. The number of aliphatic hydroxyl groups excluding tert-OH is 3. The van der Waals surface area contributed by atoms with Crippen molar-refractivity contribution in [2.45, 2.75) is 49.6 Å². The molecule has 0 radical (unpaired) electrons. The molecule has 0 unspecified atom stereocenters. The highest BCUT2D eigenvalue weighted by Gasteiger charge is 2.44. The summed E-state index contributed by atoms with van der Waals surface area (Å²) in [6.07, 6.45) is -1.88. The van der Waals surface area contributed by atoms with E-state index in [1.54, 1.807) is 20.1 Å². The number of hydrogen-bond acceptors (Lipinski definition) is 12. The van der Waals surface area contributed by atoms with Crippen LogP contribution in [0.2, 0.25) is 0 Å². The van der Waals surface area contributed by atoms with Gasteiger partial charge in [0.2, 0.25) is 0 Å². The van der Waals surface area contributed by atoms with E-state index in [2.05, 4.69) is 20.3 Å². The molecule has 1 fully saturated rings. The van der Waals surface area contributed by atoms with Gasteiger partial charge in [-0.15, -0.1) is 5.06 Å². The largest absolute Gasteiger partial charge is 0.394 e. The number of rotatable bonds is 6. The number of anilines is 1. The Morgan fingerprint density at radius 1 is 1.34 bits per heavy atom. The molecule has 3 heterocycles. The molecule has 3 amide bonds. The Balaban J connectivity index is 1.94. The molecule has 0 bridgehead atoms. The molecule has 1 aliphatic heterocycles. The number of fused-ring (bicyclic) bond motifs is 1. The first-order chi connectivity index (χ1) is 15.1. The first-order valence-electron chi connectivity index (χ1n) is 9.61. The second-order valence-corrected chi connectivity index (χ2v) is 8.24. The number of aromatic nitrogens is 4. The third-order valence-corrected chi connectivity index (χ3v) is 5.55. The summed E-state index contributed by atoms with van der Waals surface area (Å²) in [5, 5.41) is 42.0. The van der Waals surface area contributed by atoms with Gasteiger partial charge in [0.15, 0.2) is 28.4 Å². The lowest BCUT2D eigenvalue weighted by atomic mass is 10.1. The maximum Gasteiger partial charge on any atom is 0.354 e. The second kappa shape index (κ2) is 9.62. The number of aliphatic hydroxyl groups is 3. The van der Waals surface area contributed by atoms with Gasteiger partial charge in [0, 0.05) is 0 Å². The van der Waals surface area contributed by atoms with Crippen LogP contribution in [0.4, 0.5) is 10.6 Å². The van der Waals surface area contributed by atoms with E-state index in [0.29, 0.717) is 0 Å². The number of nitrogens with zero attached hydrogens (tertiary/aromatic N) is 5. The minimum atomic E-state index is -1.38. The Hall–Kier alpha value is -2.40. The highest BCUT2D eigenvalue weighted by Crippen LogP contribution is 2.33. The molecule has 5 atom stereocenters. The average Bonchev–Trinajstić information content (AvgIpc) is 3.32. The van der Waals surface area contributed by atoms with Crippen LogP contribution in [0.15, 0.2) is 11.5 Å². The minimum absolute atomic E-state index is 0.0721. The van der Waals surface area contributed by atoms with E-state index in [1.807, 2.05) is 0 Å². The first kappa shape index (κ1) is 24.2. The molecule has 7 N–H and O–H groups in total. The van der Waals surface area contributed by atoms with E-state index in [1.165, 1.54) is 10.9 Å². The fourth-order valence-corrected chi connectivity index (χ4v) is 3.41. The van der Waals surface area contributed by atoms with Crippen molar-refractivity contribution in [1.29, 1.82) is 0 Å². The van der Waals surface area contributed by atoms with Crippen molar-refractivity contribution < 1.29 is 34.9 Å². The molecule has 32 heavy (non-hydrogen) atoms. The molecular formula is C17H25N7O7S. The summed E-state index contributed by atoms with van der Waals surface area (Å²) >= 11 is 1.14. The van der Waals surface area contributed by atoms with Crippen molar-refractivity contribution in [1.82, 2.24) is 24.6 Å². The molecule has 176 valence electrons. The predicted octanol–water partition coefficient (Wildman–Crippen LogP) is -1.11. The summed E-state index contributed by atoms with van der Waals surface area (Å²) in [6.45, 7) is 2.82. The second-order valence-electron chi connectivity index (χ2n) is 7.46. The highest BCUT2D eigenvalue weighted by atomic mass is 32.2. The fraction of sp³-hybridized carbons (Fsp3) is 0.588. The van der Waals surface area contributed by atoms with E-state index in [9.17, 15) is 30.1 Å². The van der Waals surface area contributed by atoms with Crippen LogP contribution in [-0.4, -0.2) is 94.3 Å². The molecule has 0 aliphatic carbocycles. The molecule has 0 saturated carbocycles. The van der Waals surface area contributed by atoms with Gasteiger partial charge in [-0.2, -0.15) is 0 Å². The highest BCUT2D eigenvalue weighted by molar-refractivity contribution is 7.98. The van der Waals surface area contributed by atoms with Crippen LogP contribution in [-0.2, 0) is 9.53 Å². The maximum atomic E-state index is 12.4. The zero-order chi connectivity index (χ0) is 23.7. The number of ether oxygens (including phenoxy) is 1. The normalized spacial score (nSPS) is 24.2. The van der Waals surface area contributed by atoms with Crippen LogP contribution in [0.25, 0.3) is 11.2 Å². The Labute approximate surface area is 186 Å². The topological polar surface area (TPSA) is 209 Å². The predicted molar refractivity (Wildman–Crippen MR) is 111 cm³/mol. The van der Waals surface area contributed by atoms with Crippen LogP contribution < -0.4 is 11.1 Å². The summed E-state index contributed by atoms with van der Waals surface area (Å²) in [4.78, 5) is 37.2. The van der Waals surface area contributed by atoms with Crippen LogP contribution in [0, 0.1) is 5.92 Å². The van der Waals surface area contributed by atoms with E-state index in [-0.39, 0.29) is 33.1 Å². The van der Waals surface area contributed by atoms with Crippen molar-refractivity contribution in [2.24, 2.45) is 11.7 Å². The molecule has 2 aromatic heterocycles. The summed E-state index contributed by atoms with van der Waals surface area (Å²) in [7, 11) is 0. The molecule has 1 aliphatic rings. The Morgan fingerprint density at radius 3 is 2.59 bits per heavy atom. The number of carbonyl (C=O) groups excluding carboxylic acids is 2. The number of imidazole rings is 1. The zero-order valence-corrected chi connectivity index (χ0v) is 18.3. The lowest BCUT2D eigenvalue weighted by Crippen LogP contribution is -2.48. The van der Waals surface area contributed by atoms with Crippen molar-refractivity contribution in [3.8, 4) is 0 Å². The zero-order valence-electron chi connectivity index (χ0n) is 17.5. The van der Waals surface area contributed by atoms with Crippen LogP contribution >= 0.6 is 11.8 Å². The van der Waals surface area contributed by atoms with E-state index in [0.717, 1.165) is 11.8 Å². The van der Waals surface area contributed by atoms with E-state index >= 15 is 0 Å². The maximum absolute atomic E-state index is 12.4. The molecule has 3 rings (SSSR count). The van der Waals surface area contributed by atoms with E-state index < -0.39 is 49.1 Å². The number of thioether (sulfide) groups is 1. The quantitative estimate of drug-likeness (QED) is 0.128. The SMILES string of the molecule is CSc1nc(NC(=O)N(O)C(=O)[C@@H](N)C(C)C)c2ncn([C@@H]3O[C@H](CO)[C@@H](O)[C@H]3O)c2n1. The van der Waals surface area contributed by atoms with Gasteiger partial charge in [0.1, 0.15) is 18.3 Å². The number of hydroxylamine groups is 2. The van der Waals surface area contributed by atoms with Gasteiger partial charge in [0.05, 0.1) is 19.0 Å². The molecule has 0 spiro atoms. The van der Waals surface area contributed by atoms with Gasteiger partial charge in [-0.1, -0.05) is 25.6 Å². The Kier molecular flexibility index (Phi) is 7.29. The number of carbonyl (C=O) groups is 2. The number of amides is 3. The van der Waals surface area contributed by atoms with Crippen LogP contribution in [0.1, 0.15) is 20.1 Å². The lowest BCUT2D eigenvalue weighted by molar-refractivity contribution is -0.154. The molecule has 0 aromatic carbocycles. The average molecular weight is 471 g/mol. The first-order valence-corrected chi connectivity index (χ1v) is 10.8. The van der Waals surface area contributed by atoms with Gasteiger partial charge in [-0.25, -0.2) is 19.7 Å². The number of imide groups is 1.